The van der Waals surface area contributed by atoms with E-state index in [1.807, 2.05) is 54.6 Å². The van der Waals surface area contributed by atoms with E-state index in [4.69, 9.17) is 11.2 Å². The van der Waals surface area contributed by atoms with Gasteiger partial charge in [0.1, 0.15) is 36.3 Å². The van der Waals surface area contributed by atoms with Crippen LogP contribution in [-0.2, 0) is 13.1 Å². The van der Waals surface area contributed by atoms with E-state index < -0.39 is 6.03 Å². The van der Waals surface area contributed by atoms with E-state index in [0.717, 1.165) is 16.8 Å². The Labute approximate surface area is 268 Å². The fourth-order valence-corrected chi connectivity index (χ4v) is 5.54. The molecule has 5 rings (SSSR count). The zero-order valence-electron chi connectivity index (χ0n) is 26.7. The number of terminal acetylenes is 1. The molecule has 3 aromatic heterocycles. The maximum absolute atomic E-state index is 14.3. The second-order valence-corrected chi connectivity index (χ2v) is 11.6. The molecule has 0 aliphatic heterocycles. The molecule has 2 aromatic carbocycles. The molecule has 10 heteroatoms. The maximum atomic E-state index is 14.3. The van der Waals surface area contributed by atoms with Crippen molar-refractivity contribution in [2.45, 2.75) is 65.5 Å². The van der Waals surface area contributed by atoms with Crippen LogP contribution in [0.1, 0.15) is 63.5 Å². The highest BCUT2D eigenvalue weighted by Crippen LogP contribution is 2.36. The van der Waals surface area contributed by atoms with E-state index in [9.17, 15) is 9.59 Å². The number of aromatic nitrogens is 5. The van der Waals surface area contributed by atoms with Gasteiger partial charge in [0.2, 0.25) is 0 Å². The van der Waals surface area contributed by atoms with Crippen molar-refractivity contribution in [3.8, 4) is 29.2 Å². The molecule has 0 atom stereocenters. The van der Waals surface area contributed by atoms with Crippen LogP contribution in [0.4, 0.5) is 16.2 Å². The van der Waals surface area contributed by atoms with Crippen molar-refractivity contribution in [1.29, 1.82) is 0 Å². The smallest absolute Gasteiger partial charge is 0.323 e. The first kappa shape index (κ1) is 32.0. The number of unbranched alkanes of at least 4 members (excludes halogenated alkanes) is 1. The molecule has 5 aromatic rings. The lowest BCUT2D eigenvalue weighted by molar-refractivity contribution is 0.262. The number of hydrogen-bond acceptors (Lipinski definition) is 6. The highest BCUT2D eigenvalue weighted by molar-refractivity contribution is 6.07. The number of benzene rings is 2. The van der Waals surface area contributed by atoms with Gasteiger partial charge in [0.05, 0.1) is 6.54 Å². The van der Waals surface area contributed by atoms with Gasteiger partial charge in [-0.15, -0.1) is 12.3 Å². The summed E-state index contributed by atoms with van der Waals surface area (Å²) in [6.45, 7) is 9.60. The molecule has 3 heterocycles. The fraction of sp³-hybridized carbons (Fsp3) is 0.306. The number of nitrogens with zero attached hydrogens (tertiary/aromatic N) is 5. The number of pyridine rings is 2. The summed E-state index contributed by atoms with van der Waals surface area (Å²) in [5, 5.41) is 10.9. The van der Waals surface area contributed by atoms with Crippen LogP contribution in [-0.4, -0.2) is 37.0 Å². The first-order valence-corrected chi connectivity index (χ1v) is 15.5. The minimum atomic E-state index is -0.507. The molecule has 0 saturated carbocycles. The SMILES string of the molecule is C#CCCCn1c(=O)c(NC(=O)Nc2c(C(C)C)cccc2C(C)C)c(-c2cccc(OCCn3cncn3)c2)c2cccnc21. The van der Waals surface area contributed by atoms with E-state index in [1.165, 1.54) is 6.33 Å². The third-order valence-electron chi connectivity index (χ3n) is 7.75. The van der Waals surface area contributed by atoms with Gasteiger partial charge in [-0.05, 0) is 59.2 Å². The molecule has 0 radical (unpaired) electrons. The summed E-state index contributed by atoms with van der Waals surface area (Å²) in [5.74, 6) is 3.60. The molecule has 2 amide bonds. The Hall–Kier alpha value is -5.43. The van der Waals surface area contributed by atoms with Crippen LogP contribution in [0.15, 0.2) is 78.2 Å². The van der Waals surface area contributed by atoms with Crippen molar-refractivity contribution in [3.63, 3.8) is 0 Å². The maximum Gasteiger partial charge on any atom is 0.323 e. The predicted octanol–water partition coefficient (Wildman–Crippen LogP) is 7.04. The quantitative estimate of drug-likeness (QED) is 0.115. The Balaban J connectivity index is 1.59. The second kappa shape index (κ2) is 14.6. The fourth-order valence-electron chi connectivity index (χ4n) is 5.54. The van der Waals surface area contributed by atoms with Crippen molar-refractivity contribution >= 4 is 28.4 Å². The number of para-hydroxylation sites is 1. The molecular weight excluding hydrogens is 578 g/mol. The minimum Gasteiger partial charge on any atom is -0.492 e. The Morgan fingerprint density at radius 1 is 0.978 bits per heavy atom. The highest BCUT2D eigenvalue weighted by Gasteiger charge is 2.23. The van der Waals surface area contributed by atoms with Crippen molar-refractivity contribution in [2.75, 3.05) is 17.2 Å². The summed E-state index contributed by atoms with van der Waals surface area (Å²) in [6.07, 6.45) is 11.4. The highest BCUT2D eigenvalue weighted by atomic mass is 16.5. The van der Waals surface area contributed by atoms with Crippen LogP contribution < -0.4 is 20.9 Å². The van der Waals surface area contributed by atoms with Gasteiger partial charge >= 0.3 is 6.03 Å². The molecular formula is C36H39N7O3. The van der Waals surface area contributed by atoms with Crippen LogP contribution in [0.25, 0.3) is 22.2 Å². The monoisotopic (exact) mass is 617 g/mol. The van der Waals surface area contributed by atoms with Gasteiger partial charge in [0.25, 0.3) is 5.56 Å². The summed E-state index contributed by atoms with van der Waals surface area (Å²) >= 11 is 0. The summed E-state index contributed by atoms with van der Waals surface area (Å²) < 4.78 is 9.31. The molecule has 0 spiro atoms. The summed E-state index contributed by atoms with van der Waals surface area (Å²) in [5.41, 5.74) is 4.34. The molecule has 46 heavy (non-hydrogen) atoms. The summed E-state index contributed by atoms with van der Waals surface area (Å²) in [4.78, 5) is 36.7. The van der Waals surface area contributed by atoms with E-state index in [-0.39, 0.29) is 23.1 Å². The van der Waals surface area contributed by atoms with Gasteiger partial charge in [-0.3, -0.25) is 9.36 Å². The van der Waals surface area contributed by atoms with Gasteiger partial charge in [-0.2, -0.15) is 5.10 Å². The topological polar surface area (TPSA) is 116 Å². The number of ether oxygens (including phenoxy) is 1. The number of amides is 2. The molecule has 0 unspecified atom stereocenters. The summed E-state index contributed by atoms with van der Waals surface area (Å²) in [6, 6.07) is 16.7. The molecule has 0 fully saturated rings. The van der Waals surface area contributed by atoms with Crippen LogP contribution in [0, 0.1) is 12.3 Å². The third-order valence-corrected chi connectivity index (χ3v) is 7.75. The number of fused-ring (bicyclic) bond motifs is 1. The average Bonchev–Trinajstić information content (AvgIpc) is 3.56. The number of urea groups is 1. The molecule has 0 aliphatic carbocycles. The number of anilines is 2. The summed E-state index contributed by atoms with van der Waals surface area (Å²) in [7, 11) is 0. The number of hydrogen-bond donors (Lipinski definition) is 2. The minimum absolute atomic E-state index is 0.145. The van der Waals surface area contributed by atoms with Crippen LogP contribution in [0.5, 0.6) is 5.75 Å². The van der Waals surface area contributed by atoms with Crippen molar-refractivity contribution in [2.24, 2.45) is 0 Å². The molecule has 0 aliphatic rings. The van der Waals surface area contributed by atoms with E-state index in [2.05, 4.69) is 59.3 Å². The van der Waals surface area contributed by atoms with Gasteiger partial charge in [0, 0.05) is 35.8 Å². The van der Waals surface area contributed by atoms with E-state index in [1.54, 1.807) is 21.8 Å². The molecule has 2 N–H and O–H groups in total. The number of carbonyl (C=O) groups is 1. The Morgan fingerprint density at radius 3 is 2.41 bits per heavy atom. The lowest BCUT2D eigenvalue weighted by Gasteiger charge is -2.22. The van der Waals surface area contributed by atoms with Gasteiger partial charge < -0.3 is 15.4 Å². The second-order valence-electron chi connectivity index (χ2n) is 11.6. The number of rotatable bonds is 12. The van der Waals surface area contributed by atoms with Gasteiger partial charge in [-0.1, -0.05) is 58.0 Å². The Kier molecular flexibility index (Phi) is 10.1. The van der Waals surface area contributed by atoms with Gasteiger partial charge in [-0.25, -0.2) is 19.4 Å². The van der Waals surface area contributed by atoms with Crippen LogP contribution >= 0.6 is 0 Å². The largest absolute Gasteiger partial charge is 0.492 e. The van der Waals surface area contributed by atoms with Crippen molar-refractivity contribution in [3.05, 3.63) is 94.9 Å². The van der Waals surface area contributed by atoms with E-state index >= 15 is 0 Å². The normalized spacial score (nSPS) is 11.2. The third kappa shape index (κ3) is 7.10. The first-order valence-electron chi connectivity index (χ1n) is 15.5. The number of aryl methyl sites for hydroxylation is 1. The molecule has 236 valence electrons. The molecule has 0 saturated heterocycles. The van der Waals surface area contributed by atoms with Crippen molar-refractivity contribution in [1.82, 2.24) is 24.3 Å². The van der Waals surface area contributed by atoms with Crippen LogP contribution in [0.2, 0.25) is 0 Å². The Bertz CT molecular complexity index is 1890. The van der Waals surface area contributed by atoms with Crippen LogP contribution in [0.3, 0.4) is 0 Å². The zero-order valence-corrected chi connectivity index (χ0v) is 26.7. The number of carbonyl (C=O) groups excluding carboxylic acids is 1. The Morgan fingerprint density at radius 2 is 1.72 bits per heavy atom. The van der Waals surface area contributed by atoms with E-state index in [0.29, 0.717) is 60.4 Å². The van der Waals surface area contributed by atoms with Crippen molar-refractivity contribution < 1.29 is 9.53 Å². The van der Waals surface area contributed by atoms with Gasteiger partial charge in [0.15, 0.2) is 0 Å². The molecule has 10 nitrogen and oxygen atoms in total. The standard InChI is InChI=1S/C36H39N7O3/c1-6-7-8-18-43-34-30(16-11-17-38-34)31(26-12-9-13-27(21-26)46-20-19-42-23-37-22-39-42)33(35(43)44)41-36(45)40-32-28(24(2)3)14-10-15-29(32)25(4)5/h1,9-17,21-25H,7-8,18-20H2,2-5H3,(H2,40,41,45). The lowest BCUT2D eigenvalue weighted by Crippen LogP contribution is -2.30. The lowest BCUT2D eigenvalue weighted by atomic mass is 9.93. The molecule has 0 bridgehead atoms. The average molecular weight is 618 g/mol. The number of nitrogens with one attached hydrogen (secondary N) is 2. The predicted molar refractivity (Wildman–Crippen MR) is 182 cm³/mol. The zero-order chi connectivity index (χ0) is 32.6. The first-order chi connectivity index (χ1) is 22.3.